The van der Waals surface area contributed by atoms with Gasteiger partial charge >= 0.3 is 0 Å². The van der Waals surface area contributed by atoms with Crippen LogP contribution in [0.2, 0.25) is 5.02 Å². The number of carbonyl (C=O) groups is 1. The molecule has 0 aliphatic rings. The van der Waals surface area contributed by atoms with Gasteiger partial charge in [0.1, 0.15) is 5.82 Å². The molecule has 0 atom stereocenters. The Hall–Kier alpha value is -1.00. The molecule has 0 bridgehead atoms. The van der Waals surface area contributed by atoms with Crippen LogP contribution >= 0.6 is 11.6 Å². The molecule has 0 fully saturated rings. The van der Waals surface area contributed by atoms with Crippen LogP contribution in [0.3, 0.4) is 0 Å². The Labute approximate surface area is 84.7 Å². The number of hydrogen-bond acceptors (Lipinski definition) is 2. The minimum atomic E-state index is -0.897. The van der Waals surface area contributed by atoms with Crippen LogP contribution in [0.1, 0.15) is 16.8 Å². The molecule has 1 aromatic rings. The van der Waals surface area contributed by atoms with Crippen molar-refractivity contribution in [2.45, 2.75) is 6.42 Å². The molecule has 1 aromatic carbocycles. The molecular formula is C9H8ClF2NO. The molecule has 0 aromatic heterocycles. The molecule has 0 amide bonds. The summed E-state index contributed by atoms with van der Waals surface area (Å²) in [6.07, 6.45) is -0.0310. The van der Waals surface area contributed by atoms with Crippen molar-refractivity contribution >= 4 is 17.4 Å². The standard InChI is InChI=1S/C9H8ClF2NO/c10-7-4-5(11)3-6(9(7)12)8(14)1-2-13/h3-4H,1-2,13H2. The summed E-state index contributed by atoms with van der Waals surface area (Å²) in [5.41, 5.74) is 4.78. The fraction of sp³-hybridized carbons (Fsp3) is 0.222. The van der Waals surface area contributed by atoms with Crippen molar-refractivity contribution in [1.82, 2.24) is 0 Å². The number of Topliss-reactive ketones (excluding diaryl/α,β-unsaturated/α-hetero) is 1. The van der Waals surface area contributed by atoms with Gasteiger partial charge < -0.3 is 5.73 Å². The largest absolute Gasteiger partial charge is 0.330 e. The molecule has 0 unspecified atom stereocenters. The maximum atomic E-state index is 13.2. The van der Waals surface area contributed by atoms with Gasteiger partial charge in [0, 0.05) is 6.42 Å². The molecule has 0 aliphatic carbocycles. The number of nitrogens with two attached hydrogens (primary N) is 1. The molecule has 2 nitrogen and oxygen atoms in total. The minimum Gasteiger partial charge on any atom is -0.330 e. The highest BCUT2D eigenvalue weighted by Crippen LogP contribution is 2.21. The monoisotopic (exact) mass is 219 g/mol. The van der Waals surface area contributed by atoms with Crippen molar-refractivity contribution in [1.29, 1.82) is 0 Å². The fourth-order valence-corrected chi connectivity index (χ4v) is 1.23. The molecule has 5 heteroatoms. The highest BCUT2D eigenvalue weighted by atomic mass is 35.5. The summed E-state index contributed by atoms with van der Waals surface area (Å²) in [5, 5.41) is -0.398. The number of benzene rings is 1. The average Bonchev–Trinajstić information content (AvgIpc) is 2.11. The second-order valence-electron chi connectivity index (χ2n) is 2.71. The quantitative estimate of drug-likeness (QED) is 0.625. The summed E-state index contributed by atoms with van der Waals surface area (Å²) in [6, 6.07) is 1.63. The maximum Gasteiger partial charge on any atom is 0.167 e. The van der Waals surface area contributed by atoms with E-state index in [2.05, 4.69) is 0 Å². The molecule has 0 aliphatic heterocycles. The highest BCUT2D eigenvalue weighted by molar-refractivity contribution is 6.31. The molecule has 0 radical (unpaired) electrons. The lowest BCUT2D eigenvalue weighted by atomic mass is 10.1. The van der Waals surface area contributed by atoms with Gasteiger partial charge in [0.05, 0.1) is 10.6 Å². The second kappa shape index (κ2) is 4.48. The second-order valence-corrected chi connectivity index (χ2v) is 3.12. The predicted octanol–water partition coefficient (Wildman–Crippen LogP) is 2.15. The Morgan fingerprint density at radius 1 is 1.43 bits per heavy atom. The number of rotatable bonds is 3. The predicted molar refractivity (Wildman–Crippen MR) is 49.4 cm³/mol. The maximum absolute atomic E-state index is 13.2. The van der Waals surface area contributed by atoms with Gasteiger partial charge in [-0.1, -0.05) is 11.6 Å². The van der Waals surface area contributed by atoms with Gasteiger partial charge in [0.2, 0.25) is 0 Å². The molecule has 76 valence electrons. The summed E-state index contributed by atoms with van der Waals surface area (Å²) < 4.78 is 26.0. The topological polar surface area (TPSA) is 43.1 Å². The molecule has 1 rings (SSSR count). The van der Waals surface area contributed by atoms with Crippen molar-refractivity contribution < 1.29 is 13.6 Å². The number of ketones is 1. The van der Waals surface area contributed by atoms with Crippen LogP contribution in [-0.2, 0) is 0 Å². The van der Waals surface area contributed by atoms with Gasteiger partial charge in [0.25, 0.3) is 0 Å². The molecular weight excluding hydrogens is 212 g/mol. The molecule has 0 saturated carbocycles. The Morgan fingerprint density at radius 3 is 2.64 bits per heavy atom. The van der Waals surface area contributed by atoms with E-state index in [0.29, 0.717) is 0 Å². The SMILES string of the molecule is NCCC(=O)c1cc(F)cc(Cl)c1F. The first-order chi connectivity index (χ1) is 6.56. The van der Waals surface area contributed by atoms with Gasteiger partial charge in [-0.25, -0.2) is 8.78 Å². The van der Waals surface area contributed by atoms with Crippen LogP contribution in [0.25, 0.3) is 0 Å². The smallest absolute Gasteiger partial charge is 0.167 e. The van der Waals surface area contributed by atoms with E-state index in [9.17, 15) is 13.6 Å². The normalized spacial score (nSPS) is 10.3. The summed E-state index contributed by atoms with van der Waals surface area (Å²) in [5.74, 6) is -2.19. The number of carbonyl (C=O) groups excluding carboxylic acids is 1. The van der Waals surface area contributed by atoms with Gasteiger partial charge in [-0.05, 0) is 18.7 Å². The van der Waals surface area contributed by atoms with Crippen LogP contribution in [0.4, 0.5) is 8.78 Å². The zero-order valence-electron chi connectivity index (χ0n) is 7.19. The summed E-state index contributed by atoms with van der Waals surface area (Å²) in [4.78, 5) is 11.2. The van der Waals surface area contributed by atoms with Crippen molar-refractivity contribution in [3.05, 3.63) is 34.4 Å². The first-order valence-electron chi connectivity index (χ1n) is 3.94. The molecule has 0 saturated heterocycles. The van der Waals surface area contributed by atoms with E-state index in [4.69, 9.17) is 17.3 Å². The molecule has 0 heterocycles. The van der Waals surface area contributed by atoms with E-state index in [-0.39, 0.29) is 18.5 Å². The molecule has 0 spiro atoms. The van der Waals surface area contributed by atoms with Crippen molar-refractivity contribution in [2.24, 2.45) is 5.73 Å². The zero-order valence-corrected chi connectivity index (χ0v) is 7.94. The Morgan fingerprint density at radius 2 is 2.07 bits per heavy atom. The lowest BCUT2D eigenvalue weighted by molar-refractivity contribution is 0.0981. The summed E-state index contributed by atoms with van der Waals surface area (Å²) >= 11 is 5.36. The van der Waals surface area contributed by atoms with Crippen LogP contribution < -0.4 is 5.73 Å². The van der Waals surface area contributed by atoms with Crippen LogP contribution in [-0.4, -0.2) is 12.3 Å². The fourth-order valence-electron chi connectivity index (χ4n) is 1.02. The third kappa shape index (κ3) is 2.27. The van der Waals surface area contributed by atoms with Crippen molar-refractivity contribution in [2.75, 3.05) is 6.54 Å². The average molecular weight is 220 g/mol. The van der Waals surface area contributed by atoms with Crippen molar-refractivity contribution in [3.8, 4) is 0 Å². The molecule has 14 heavy (non-hydrogen) atoms. The Kier molecular flexibility index (Phi) is 3.55. The van der Waals surface area contributed by atoms with E-state index in [1.807, 2.05) is 0 Å². The van der Waals surface area contributed by atoms with Gasteiger partial charge in [-0.3, -0.25) is 4.79 Å². The summed E-state index contributed by atoms with van der Waals surface area (Å²) in [6.45, 7) is 0.0897. The van der Waals surface area contributed by atoms with Gasteiger partial charge in [-0.15, -0.1) is 0 Å². The van der Waals surface area contributed by atoms with E-state index in [1.54, 1.807) is 0 Å². The highest BCUT2D eigenvalue weighted by Gasteiger charge is 2.15. The van der Waals surface area contributed by atoms with Crippen LogP contribution in [0, 0.1) is 11.6 Å². The lowest BCUT2D eigenvalue weighted by Gasteiger charge is -2.03. The Bertz CT molecular complexity index is 368. The zero-order chi connectivity index (χ0) is 10.7. The third-order valence-electron chi connectivity index (χ3n) is 1.66. The van der Waals surface area contributed by atoms with Crippen LogP contribution in [0.5, 0.6) is 0 Å². The Balaban J connectivity index is 3.13. The van der Waals surface area contributed by atoms with Gasteiger partial charge in [0.15, 0.2) is 11.6 Å². The van der Waals surface area contributed by atoms with E-state index in [1.165, 1.54) is 0 Å². The third-order valence-corrected chi connectivity index (χ3v) is 1.94. The van der Waals surface area contributed by atoms with E-state index in [0.717, 1.165) is 12.1 Å². The minimum absolute atomic E-state index is 0.0310. The number of hydrogen-bond donors (Lipinski definition) is 1. The van der Waals surface area contributed by atoms with Crippen molar-refractivity contribution in [3.63, 3.8) is 0 Å². The lowest BCUT2D eigenvalue weighted by Crippen LogP contribution is -2.10. The first kappa shape index (κ1) is 11.1. The van der Waals surface area contributed by atoms with E-state index >= 15 is 0 Å². The van der Waals surface area contributed by atoms with Crippen LogP contribution in [0.15, 0.2) is 12.1 Å². The van der Waals surface area contributed by atoms with Gasteiger partial charge in [-0.2, -0.15) is 0 Å². The van der Waals surface area contributed by atoms with E-state index < -0.39 is 22.4 Å². The molecule has 2 N–H and O–H groups in total. The number of halogens is 3. The summed E-state index contributed by atoms with van der Waals surface area (Å²) in [7, 11) is 0. The first-order valence-corrected chi connectivity index (χ1v) is 4.32.